The third-order valence-corrected chi connectivity index (χ3v) is 0. The molecule has 0 aliphatic carbocycles. The summed E-state index contributed by atoms with van der Waals surface area (Å²) < 4.78 is 29.4. The molecule has 0 saturated carbocycles. The van der Waals surface area contributed by atoms with Crippen LogP contribution in [-0.2, 0) is 25.8 Å². The van der Waals surface area contributed by atoms with Gasteiger partial charge >= 0.3 is 15.5 Å². The first kappa shape index (κ1) is 9.50. The molecule has 0 aromatic carbocycles. The molecule has 0 unspecified atom stereocenters. The third-order valence-electron chi connectivity index (χ3n) is 0. The maximum absolute atomic E-state index is 9.81. The van der Waals surface area contributed by atoms with Crippen LogP contribution in [0, 0.1) is 0 Å². The van der Waals surface area contributed by atoms with E-state index in [2.05, 4.69) is 0 Å². The van der Waals surface area contributed by atoms with Gasteiger partial charge in [-0.15, -0.1) is 0 Å². The maximum Gasteiger partial charge on any atom is 1.04 e. The van der Waals surface area contributed by atoms with E-state index in [4.69, 9.17) is 0 Å². The normalized spacial score (nSPS) is 5.40. The van der Waals surface area contributed by atoms with Crippen LogP contribution < -0.4 is 0 Å². The van der Waals surface area contributed by atoms with Gasteiger partial charge in [0.05, 0.1) is 0 Å². The van der Waals surface area contributed by atoms with Crippen LogP contribution >= 0.6 is 0 Å². The Balaban J connectivity index is 0. The minimum Gasteiger partial charge on any atom is -0.346 e. The van der Waals surface area contributed by atoms with Crippen molar-refractivity contribution in [3.63, 3.8) is 0 Å². The van der Waals surface area contributed by atoms with E-state index in [0.717, 1.165) is 0 Å². The van der Waals surface area contributed by atoms with Crippen molar-refractivity contribution in [1.29, 1.82) is 0 Å². The van der Waals surface area contributed by atoms with Crippen LogP contribution in [0.2, 0.25) is 0 Å². The van der Waals surface area contributed by atoms with E-state index >= 15 is 0 Å². The molecular weight excluding hydrogens is 129 g/mol. The molecule has 5 heteroatoms. The Morgan fingerprint density at radius 2 is 1.00 bits per heavy atom. The first-order chi connectivity index (χ1) is 1.73. The van der Waals surface area contributed by atoms with Gasteiger partial charge in [0.2, 0.25) is 0 Å². The molecule has 0 aromatic rings. The summed E-state index contributed by atoms with van der Waals surface area (Å²) in [6.07, 6.45) is 0. The zero-order chi connectivity index (χ0) is 3.58. The van der Waals surface area contributed by atoms with Gasteiger partial charge in [-0.1, -0.05) is 0 Å². The van der Waals surface area contributed by atoms with Gasteiger partial charge in [0.15, 0.2) is 0 Å². The van der Waals surface area contributed by atoms with Crippen molar-refractivity contribution < 1.29 is 36.4 Å². The second-order valence-electron chi connectivity index (χ2n) is 0.247. The molecule has 0 amide bonds. The molecule has 1 radical (unpaired) electrons. The molecule has 0 spiro atoms. The van der Waals surface area contributed by atoms with Crippen molar-refractivity contribution in [2.75, 3.05) is 0 Å². The van der Waals surface area contributed by atoms with Crippen LogP contribution in [0.25, 0.3) is 0 Å². The van der Waals surface area contributed by atoms with Gasteiger partial charge in [-0.3, -0.25) is 0 Å². The van der Waals surface area contributed by atoms with Crippen LogP contribution in [0.5, 0.6) is 0 Å². The van der Waals surface area contributed by atoms with Crippen molar-refractivity contribution in [3.8, 4) is 0 Å². The van der Waals surface area contributed by atoms with Crippen LogP contribution in [0.15, 0.2) is 0 Å². The van der Waals surface area contributed by atoms with Gasteiger partial charge in [0, 0.05) is 25.8 Å². The summed E-state index contributed by atoms with van der Waals surface area (Å²) in [5.41, 5.74) is 0. The van der Waals surface area contributed by atoms with Gasteiger partial charge in [0.25, 0.3) is 0 Å². The Kier molecular flexibility index (Phi) is 9.86. The average molecular weight is 129 g/mol. The Labute approximate surface area is 52.0 Å². The fourth-order valence-electron chi connectivity index (χ4n) is 0. The van der Waals surface area contributed by atoms with Gasteiger partial charge in [-0.25, -0.2) is 0 Å². The Bertz CT molecular complexity index is 11.6. The first-order valence-electron chi connectivity index (χ1n) is 0.655. The van der Waals surface area contributed by atoms with Crippen molar-refractivity contribution in [1.82, 2.24) is 0 Å². The van der Waals surface area contributed by atoms with E-state index in [1.165, 1.54) is 0 Å². The molecule has 0 saturated heterocycles. The van der Waals surface area contributed by atoms with Crippen molar-refractivity contribution >= 4 is 15.5 Å². The zero-order valence-electron chi connectivity index (χ0n) is 2.29. The molecule has 0 fully saturated rings. The van der Waals surface area contributed by atoms with E-state index in [1.807, 2.05) is 0 Å². The summed E-state index contributed by atoms with van der Waals surface area (Å²) >= 11 is -4.64. The molecule has 0 atom stereocenters. The molecule has 0 heterocycles. The molecule has 5 heavy (non-hydrogen) atoms. The topological polar surface area (TPSA) is 0 Å². The average Bonchev–Trinajstić information content (AvgIpc) is 0.811. The number of halogens is 3. The fourth-order valence-corrected chi connectivity index (χ4v) is 0. The van der Waals surface area contributed by atoms with Gasteiger partial charge < -0.3 is 10.6 Å². The van der Waals surface area contributed by atoms with Gasteiger partial charge in [-0.05, 0) is 0 Å². The Hall–Kier alpha value is 1.19. The minimum absolute atomic E-state index is 0. The summed E-state index contributed by atoms with van der Waals surface area (Å²) in [5.74, 6) is 0. The van der Waals surface area contributed by atoms with Crippen molar-refractivity contribution in [3.05, 3.63) is 0 Å². The second kappa shape index (κ2) is 5.19. The van der Waals surface area contributed by atoms with Crippen LogP contribution in [-0.4, -0.2) is 15.5 Å². The zero-order valence-corrected chi connectivity index (χ0v) is 5.25. The van der Waals surface area contributed by atoms with Gasteiger partial charge in [0.1, 0.15) is 0 Å². The summed E-state index contributed by atoms with van der Waals surface area (Å²) in [6, 6.07) is 0. The van der Waals surface area contributed by atoms with E-state index in [0.29, 0.717) is 0 Å². The largest absolute Gasteiger partial charge is 1.04 e. The number of hydrogen-bond donors (Lipinski definition) is 0. The standard InChI is InChI=1S/Al.3FH.Sc/h;3*1H;/q+3;;;;/p-3. The number of hydrogen-bond acceptors (Lipinski definition) is 0. The maximum atomic E-state index is 9.81. The molecule has 0 rings (SSSR count). The summed E-state index contributed by atoms with van der Waals surface area (Å²) in [7, 11) is 0. The second-order valence-corrected chi connectivity index (χ2v) is 0.742. The summed E-state index contributed by atoms with van der Waals surface area (Å²) in [5, 5.41) is 0. The Morgan fingerprint density at radius 3 is 1.00 bits per heavy atom. The summed E-state index contributed by atoms with van der Waals surface area (Å²) in [4.78, 5) is 0. The van der Waals surface area contributed by atoms with E-state index in [1.54, 1.807) is 0 Å². The molecule has 27 valence electrons. The first-order valence-corrected chi connectivity index (χ1v) is 1.96. The SMILES string of the molecule is [F][Al]([F])[F].[Sc]. The molecule has 0 aliphatic heterocycles. The third kappa shape index (κ3) is 37.2. The monoisotopic (exact) mass is 129 g/mol. The van der Waals surface area contributed by atoms with E-state index in [-0.39, 0.29) is 25.8 Å². The van der Waals surface area contributed by atoms with E-state index < -0.39 is 15.5 Å². The van der Waals surface area contributed by atoms with Gasteiger partial charge in [-0.2, -0.15) is 0 Å². The van der Waals surface area contributed by atoms with E-state index in [9.17, 15) is 10.6 Å². The molecule has 0 aromatic heterocycles. The molecule has 0 bridgehead atoms. The molecule has 0 aliphatic rings. The predicted molar refractivity (Wildman–Crippen MR) is 9.08 cm³/mol. The minimum atomic E-state index is -4.64. The quantitative estimate of drug-likeness (QED) is 0.426. The smallest absolute Gasteiger partial charge is 0.346 e. The van der Waals surface area contributed by atoms with Crippen LogP contribution in [0.1, 0.15) is 0 Å². The molecule has 0 N–H and O–H groups in total. The molecule has 0 nitrogen and oxygen atoms in total. The fraction of sp³-hybridized carbons (Fsp3) is 0. The summed E-state index contributed by atoms with van der Waals surface area (Å²) in [6.45, 7) is 0. The Morgan fingerprint density at radius 1 is 1.00 bits per heavy atom. The molecular formula is AlF3Sc. The number of rotatable bonds is 0. The van der Waals surface area contributed by atoms with Crippen molar-refractivity contribution in [2.24, 2.45) is 0 Å². The van der Waals surface area contributed by atoms with Crippen LogP contribution in [0.4, 0.5) is 10.6 Å². The predicted octanol–water partition coefficient (Wildman–Crippen LogP) is 0.877. The van der Waals surface area contributed by atoms with Crippen molar-refractivity contribution in [2.45, 2.75) is 0 Å². The van der Waals surface area contributed by atoms with Crippen LogP contribution in [0.3, 0.4) is 0 Å².